The Morgan fingerprint density at radius 3 is 1.73 bits per heavy atom. The Balaban J connectivity index is 0.00000466. The van der Waals surface area contributed by atoms with Gasteiger partial charge in [0.1, 0.15) is 85.5 Å². The molecule has 16 N–H and O–H groups in total. The lowest BCUT2D eigenvalue weighted by Gasteiger charge is -2.46. The van der Waals surface area contributed by atoms with Crippen LogP contribution in [-0.2, 0) is 47.5 Å². The highest BCUT2D eigenvalue weighted by Crippen LogP contribution is 2.31. The number of primary amides is 1. The molecule has 0 aromatic carbocycles. The van der Waals surface area contributed by atoms with Crippen molar-refractivity contribution in [2.45, 2.75) is 177 Å². The highest BCUT2D eigenvalue weighted by molar-refractivity contribution is 5.76. The fourth-order valence-electron chi connectivity index (χ4n) is 6.29. The standard InChI is InChI=1S/C33H60N2O23.2C2H6/c1-13(52-32-27(50)24(47)29(18(12-40)56-32)58-33-25(48)22(45)21(44)16(10-38)54-33)15(9-37)53-30(14(41)8-36)57-28-17(11-39)55-31(26(49)23(28)46)51-7-6-35-20(43)5-3-2-4-19(34)42;2*1-2/h13-18,21-33,36-41,44-50H,2-12H2,1H3,(H2,34,42)(H,35,43);2*1-2H3. The maximum Gasteiger partial charge on any atom is 0.220 e. The molecule has 0 saturated carbocycles. The molecule has 3 aliphatic heterocycles. The number of nitrogens with two attached hydrogens (primary N) is 1. The van der Waals surface area contributed by atoms with E-state index in [1.807, 2.05) is 27.7 Å². The van der Waals surface area contributed by atoms with Crippen LogP contribution in [0.15, 0.2) is 0 Å². The van der Waals surface area contributed by atoms with Gasteiger partial charge in [0, 0.05) is 19.4 Å². The lowest BCUT2D eigenvalue weighted by atomic mass is 9.97. The van der Waals surface area contributed by atoms with Gasteiger partial charge < -0.3 is 115 Å². The van der Waals surface area contributed by atoms with Gasteiger partial charge in [-0.25, -0.2) is 0 Å². The van der Waals surface area contributed by atoms with Crippen molar-refractivity contribution in [3.63, 3.8) is 0 Å². The van der Waals surface area contributed by atoms with Crippen molar-refractivity contribution >= 4 is 11.8 Å². The number of unbranched alkanes of at least 4 members (excludes halogenated alkanes) is 1. The average molecular weight is 913 g/mol. The van der Waals surface area contributed by atoms with E-state index in [1.54, 1.807) is 0 Å². The second-order valence-corrected chi connectivity index (χ2v) is 14.0. The van der Waals surface area contributed by atoms with Crippen LogP contribution in [0.3, 0.4) is 0 Å². The van der Waals surface area contributed by atoms with Gasteiger partial charge in [0.25, 0.3) is 0 Å². The molecule has 0 aromatic rings. The predicted octanol–water partition coefficient (Wildman–Crippen LogP) is -6.87. The maximum absolute atomic E-state index is 12.0. The van der Waals surface area contributed by atoms with Crippen molar-refractivity contribution in [1.82, 2.24) is 5.32 Å². The van der Waals surface area contributed by atoms with E-state index in [-0.39, 0.29) is 31.9 Å². The summed E-state index contributed by atoms with van der Waals surface area (Å²) in [6, 6.07) is 0. The van der Waals surface area contributed by atoms with Crippen molar-refractivity contribution in [2.75, 3.05) is 46.2 Å². The summed E-state index contributed by atoms with van der Waals surface area (Å²) < 4.78 is 44.5. The first-order valence-corrected chi connectivity index (χ1v) is 20.8. The Bertz CT molecular complexity index is 1210. The molecule has 25 nitrogen and oxygen atoms in total. The summed E-state index contributed by atoms with van der Waals surface area (Å²) in [5.41, 5.74) is 5.07. The van der Waals surface area contributed by atoms with E-state index in [4.69, 9.17) is 43.6 Å². The number of rotatable bonds is 24. The third kappa shape index (κ3) is 16.8. The van der Waals surface area contributed by atoms with Crippen molar-refractivity contribution in [2.24, 2.45) is 5.73 Å². The molecule has 0 radical (unpaired) electrons. The Labute approximate surface area is 359 Å². The lowest BCUT2D eigenvalue weighted by Crippen LogP contribution is -2.65. The molecule has 3 heterocycles. The van der Waals surface area contributed by atoms with Crippen molar-refractivity contribution in [3.8, 4) is 0 Å². The first-order valence-electron chi connectivity index (χ1n) is 20.8. The van der Waals surface area contributed by atoms with Crippen molar-refractivity contribution < 1.29 is 114 Å². The number of ether oxygens (including phenoxy) is 8. The van der Waals surface area contributed by atoms with Gasteiger partial charge >= 0.3 is 0 Å². The summed E-state index contributed by atoms with van der Waals surface area (Å²) in [7, 11) is 0. The van der Waals surface area contributed by atoms with E-state index >= 15 is 0 Å². The van der Waals surface area contributed by atoms with Crippen LogP contribution in [0.2, 0.25) is 0 Å². The van der Waals surface area contributed by atoms with E-state index in [9.17, 15) is 76.0 Å². The molecule has 25 heteroatoms. The van der Waals surface area contributed by atoms with Gasteiger partial charge in [0.15, 0.2) is 25.2 Å². The molecule has 3 fully saturated rings. The van der Waals surface area contributed by atoms with Gasteiger partial charge in [-0.1, -0.05) is 27.7 Å². The minimum absolute atomic E-state index is 0.0263. The van der Waals surface area contributed by atoms with Gasteiger partial charge in [-0.2, -0.15) is 0 Å². The van der Waals surface area contributed by atoms with Crippen LogP contribution < -0.4 is 11.1 Å². The molecular weight excluding hydrogens is 840 g/mol. The highest BCUT2D eigenvalue weighted by atomic mass is 16.8. The second-order valence-electron chi connectivity index (χ2n) is 14.0. The van der Waals surface area contributed by atoms with Crippen LogP contribution in [0.5, 0.6) is 0 Å². The highest BCUT2D eigenvalue weighted by Gasteiger charge is 2.52. The molecule has 19 atom stereocenters. The van der Waals surface area contributed by atoms with E-state index < -0.39 is 156 Å². The number of nitrogens with one attached hydrogen (secondary N) is 1. The fraction of sp³-hybridized carbons (Fsp3) is 0.946. The normalized spacial score (nSPS) is 35.5. The van der Waals surface area contributed by atoms with Gasteiger partial charge in [-0.15, -0.1) is 0 Å². The van der Waals surface area contributed by atoms with Gasteiger partial charge in [0.2, 0.25) is 11.8 Å². The number of aliphatic hydroxyl groups is 13. The SMILES string of the molecule is CC.CC.CC(OC1OC(CO)C(OC2OC(CO)C(O)C(O)C2O)C(O)C1O)C(CO)OC(OC1C(CO)OC(OCCNC(=O)CCCCC(N)=O)C(O)C1O)C(O)CO. The zero-order chi connectivity index (χ0) is 47.3. The topological polar surface area (TPSA) is 409 Å². The largest absolute Gasteiger partial charge is 0.394 e. The molecular formula is C37H72N2O23. The number of carbonyl (C=O) groups excluding carboxylic acids is 2. The maximum atomic E-state index is 12.0. The molecule has 3 aliphatic rings. The summed E-state index contributed by atoms with van der Waals surface area (Å²) in [5, 5.41) is 137. The zero-order valence-corrected chi connectivity index (χ0v) is 35.7. The molecule has 19 unspecified atom stereocenters. The molecule has 62 heavy (non-hydrogen) atoms. The lowest BCUT2D eigenvalue weighted by molar-refractivity contribution is -0.368. The summed E-state index contributed by atoms with van der Waals surface area (Å²) in [4.78, 5) is 22.8. The molecule has 0 bridgehead atoms. The molecule has 3 saturated heterocycles. The predicted molar refractivity (Wildman–Crippen MR) is 208 cm³/mol. The van der Waals surface area contributed by atoms with Crippen LogP contribution in [0, 0.1) is 0 Å². The minimum atomic E-state index is -1.96. The minimum Gasteiger partial charge on any atom is -0.394 e. The third-order valence-corrected chi connectivity index (χ3v) is 9.72. The zero-order valence-electron chi connectivity index (χ0n) is 35.7. The van der Waals surface area contributed by atoms with Crippen molar-refractivity contribution in [3.05, 3.63) is 0 Å². The summed E-state index contributed by atoms with van der Waals surface area (Å²) in [6.45, 7) is 4.71. The van der Waals surface area contributed by atoms with Crippen LogP contribution in [0.25, 0.3) is 0 Å². The molecule has 368 valence electrons. The molecule has 0 aromatic heterocycles. The van der Waals surface area contributed by atoms with Gasteiger partial charge in [-0.05, 0) is 19.8 Å². The number of carbonyl (C=O) groups is 2. The summed E-state index contributed by atoms with van der Waals surface area (Å²) >= 11 is 0. The Hall–Kier alpha value is -1.90. The average Bonchev–Trinajstić information content (AvgIpc) is 3.27. The van der Waals surface area contributed by atoms with Crippen LogP contribution in [0.1, 0.15) is 60.3 Å². The van der Waals surface area contributed by atoms with E-state index in [0.29, 0.717) is 12.8 Å². The number of hydrogen-bond donors (Lipinski definition) is 15. The molecule has 0 aliphatic carbocycles. The number of amides is 2. The Morgan fingerprint density at radius 2 is 1.16 bits per heavy atom. The second kappa shape index (κ2) is 30.3. The van der Waals surface area contributed by atoms with E-state index in [1.165, 1.54) is 6.92 Å². The van der Waals surface area contributed by atoms with E-state index in [0.717, 1.165) is 0 Å². The smallest absolute Gasteiger partial charge is 0.220 e. The fourth-order valence-corrected chi connectivity index (χ4v) is 6.29. The molecule has 2 amide bonds. The first kappa shape index (κ1) is 58.1. The van der Waals surface area contributed by atoms with Crippen LogP contribution in [-0.4, -0.2) is 241 Å². The third-order valence-electron chi connectivity index (χ3n) is 9.72. The van der Waals surface area contributed by atoms with Gasteiger partial charge in [0.05, 0.1) is 45.7 Å². The van der Waals surface area contributed by atoms with Gasteiger partial charge in [-0.3, -0.25) is 9.59 Å². The van der Waals surface area contributed by atoms with Crippen molar-refractivity contribution in [1.29, 1.82) is 0 Å². The number of aliphatic hydroxyl groups excluding tert-OH is 13. The first-order chi connectivity index (χ1) is 29.5. The van der Waals surface area contributed by atoms with Crippen LogP contribution in [0.4, 0.5) is 0 Å². The number of hydrogen-bond acceptors (Lipinski definition) is 23. The Kier molecular flexibility index (Phi) is 28.4. The molecule has 3 rings (SSSR count). The quantitative estimate of drug-likeness (QED) is 0.0316. The Morgan fingerprint density at radius 1 is 0.645 bits per heavy atom. The monoisotopic (exact) mass is 912 g/mol. The molecule has 0 spiro atoms. The van der Waals surface area contributed by atoms with E-state index in [2.05, 4.69) is 5.32 Å². The summed E-state index contributed by atoms with van der Waals surface area (Å²) in [5.74, 6) is -0.813. The summed E-state index contributed by atoms with van der Waals surface area (Å²) in [6.07, 6.45) is -31.1. The van der Waals surface area contributed by atoms with Crippen LogP contribution >= 0.6 is 0 Å².